The second kappa shape index (κ2) is 6.39. The zero-order valence-corrected chi connectivity index (χ0v) is 11.3. The Kier molecular flexibility index (Phi) is 4.57. The molecule has 0 aliphatic rings. The highest BCUT2D eigenvalue weighted by Crippen LogP contribution is 2.30. The molecule has 0 saturated carbocycles. The minimum Gasteiger partial charge on any atom is -0.497 e. The number of hydrogen-bond acceptors (Lipinski definition) is 3. The summed E-state index contributed by atoms with van der Waals surface area (Å²) in [4.78, 5) is 0. The number of halogens is 3. The van der Waals surface area contributed by atoms with Gasteiger partial charge in [-0.15, -0.1) is 13.2 Å². The van der Waals surface area contributed by atoms with Gasteiger partial charge in [0.25, 0.3) is 0 Å². The summed E-state index contributed by atoms with van der Waals surface area (Å²) in [6.45, 7) is 0.357. The van der Waals surface area contributed by atoms with Crippen molar-refractivity contribution in [2.24, 2.45) is 0 Å². The summed E-state index contributed by atoms with van der Waals surface area (Å²) in [6, 6.07) is 13.2. The number of ether oxygens (including phenoxy) is 2. The summed E-state index contributed by atoms with van der Waals surface area (Å²) in [6.07, 6.45) is -4.71. The molecule has 0 bridgehead atoms. The molecule has 0 aliphatic heterocycles. The van der Waals surface area contributed by atoms with Gasteiger partial charge >= 0.3 is 6.36 Å². The van der Waals surface area contributed by atoms with Gasteiger partial charge in [0.1, 0.15) is 5.75 Å². The Bertz CT molecular complexity index is 599. The molecule has 112 valence electrons. The molecular weight excluding hydrogens is 283 g/mol. The zero-order chi connectivity index (χ0) is 15.3. The van der Waals surface area contributed by atoms with E-state index in [0.717, 1.165) is 5.56 Å². The van der Waals surface area contributed by atoms with E-state index < -0.39 is 6.36 Å². The molecule has 0 fully saturated rings. The maximum absolute atomic E-state index is 12.3. The minimum atomic E-state index is -4.71. The Morgan fingerprint density at radius 1 is 1.05 bits per heavy atom. The fraction of sp³-hybridized carbons (Fsp3) is 0.200. The number of anilines is 1. The van der Waals surface area contributed by atoms with Crippen molar-refractivity contribution in [3.8, 4) is 11.5 Å². The third kappa shape index (κ3) is 4.59. The third-order valence-corrected chi connectivity index (χ3v) is 2.73. The van der Waals surface area contributed by atoms with Gasteiger partial charge in [0.15, 0.2) is 5.75 Å². The van der Waals surface area contributed by atoms with E-state index in [-0.39, 0.29) is 11.4 Å². The quantitative estimate of drug-likeness (QED) is 0.897. The molecule has 21 heavy (non-hydrogen) atoms. The summed E-state index contributed by atoms with van der Waals surface area (Å²) in [5.74, 6) is 0.432. The SMILES string of the molecule is COc1cccc(CNc2ccccc2OC(F)(F)F)c1. The van der Waals surface area contributed by atoms with Crippen LogP contribution in [0, 0.1) is 0 Å². The first kappa shape index (κ1) is 15.0. The lowest BCUT2D eigenvalue weighted by atomic mass is 10.2. The lowest BCUT2D eigenvalue weighted by molar-refractivity contribution is -0.274. The van der Waals surface area contributed by atoms with E-state index >= 15 is 0 Å². The molecule has 0 heterocycles. The van der Waals surface area contributed by atoms with Crippen molar-refractivity contribution in [1.82, 2.24) is 0 Å². The number of rotatable bonds is 5. The van der Waals surface area contributed by atoms with Crippen LogP contribution in [0.1, 0.15) is 5.56 Å². The molecule has 0 aliphatic carbocycles. The summed E-state index contributed by atoms with van der Waals surface area (Å²) >= 11 is 0. The zero-order valence-electron chi connectivity index (χ0n) is 11.3. The fourth-order valence-electron chi connectivity index (χ4n) is 1.81. The highest BCUT2D eigenvalue weighted by molar-refractivity contribution is 5.56. The molecule has 0 saturated heterocycles. The number of nitrogens with one attached hydrogen (secondary N) is 1. The van der Waals surface area contributed by atoms with E-state index in [4.69, 9.17) is 4.74 Å². The molecule has 2 aromatic rings. The van der Waals surface area contributed by atoms with Crippen LogP contribution < -0.4 is 14.8 Å². The van der Waals surface area contributed by atoms with Crippen LogP contribution in [0.15, 0.2) is 48.5 Å². The first-order valence-electron chi connectivity index (χ1n) is 6.19. The Balaban J connectivity index is 2.09. The molecular formula is C15H14F3NO2. The Hall–Kier alpha value is -2.37. The van der Waals surface area contributed by atoms with E-state index in [2.05, 4.69) is 10.1 Å². The lowest BCUT2D eigenvalue weighted by Crippen LogP contribution is -2.18. The van der Waals surface area contributed by atoms with E-state index in [1.807, 2.05) is 12.1 Å². The number of para-hydroxylation sites is 2. The van der Waals surface area contributed by atoms with Crippen molar-refractivity contribution in [3.05, 3.63) is 54.1 Å². The predicted octanol–water partition coefficient (Wildman–Crippen LogP) is 4.21. The van der Waals surface area contributed by atoms with Crippen molar-refractivity contribution >= 4 is 5.69 Å². The van der Waals surface area contributed by atoms with Crippen LogP contribution in [0.3, 0.4) is 0 Å². The van der Waals surface area contributed by atoms with Crippen molar-refractivity contribution in [2.45, 2.75) is 12.9 Å². The van der Waals surface area contributed by atoms with Gasteiger partial charge in [0.2, 0.25) is 0 Å². The van der Waals surface area contributed by atoms with Crippen LogP contribution in [0.4, 0.5) is 18.9 Å². The Morgan fingerprint density at radius 3 is 2.52 bits per heavy atom. The van der Waals surface area contributed by atoms with E-state index in [0.29, 0.717) is 12.3 Å². The summed E-state index contributed by atoms with van der Waals surface area (Å²) in [7, 11) is 1.55. The maximum Gasteiger partial charge on any atom is 0.573 e. The third-order valence-electron chi connectivity index (χ3n) is 2.73. The van der Waals surface area contributed by atoms with Gasteiger partial charge in [0.05, 0.1) is 12.8 Å². The average molecular weight is 297 g/mol. The average Bonchev–Trinajstić information content (AvgIpc) is 2.45. The van der Waals surface area contributed by atoms with E-state index in [1.165, 1.54) is 18.2 Å². The molecule has 0 unspecified atom stereocenters. The van der Waals surface area contributed by atoms with Crippen molar-refractivity contribution < 1.29 is 22.6 Å². The lowest BCUT2D eigenvalue weighted by Gasteiger charge is -2.14. The van der Waals surface area contributed by atoms with Gasteiger partial charge in [-0.1, -0.05) is 24.3 Å². The number of benzene rings is 2. The first-order valence-corrected chi connectivity index (χ1v) is 6.19. The van der Waals surface area contributed by atoms with Gasteiger partial charge in [0, 0.05) is 6.54 Å². The molecule has 0 atom stereocenters. The summed E-state index contributed by atoms with van der Waals surface area (Å²) < 4.78 is 46.0. The molecule has 6 heteroatoms. The van der Waals surface area contributed by atoms with Crippen LogP contribution in [0.2, 0.25) is 0 Å². The smallest absolute Gasteiger partial charge is 0.497 e. The van der Waals surface area contributed by atoms with Gasteiger partial charge < -0.3 is 14.8 Å². The summed E-state index contributed by atoms with van der Waals surface area (Å²) in [5, 5.41) is 2.92. The van der Waals surface area contributed by atoms with Crippen molar-refractivity contribution in [1.29, 1.82) is 0 Å². The molecule has 3 nitrogen and oxygen atoms in total. The van der Waals surface area contributed by atoms with E-state index in [1.54, 1.807) is 25.3 Å². The van der Waals surface area contributed by atoms with Crippen molar-refractivity contribution in [3.63, 3.8) is 0 Å². The predicted molar refractivity (Wildman–Crippen MR) is 73.4 cm³/mol. The number of hydrogen-bond donors (Lipinski definition) is 1. The largest absolute Gasteiger partial charge is 0.573 e. The minimum absolute atomic E-state index is 0.257. The van der Waals surface area contributed by atoms with Crippen LogP contribution in [0.25, 0.3) is 0 Å². The normalized spacial score (nSPS) is 11.0. The number of alkyl halides is 3. The van der Waals surface area contributed by atoms with E-state index in [9.17, 15) is 13.2 Å². The van der Waals surface area contributed by atoms with Crippen LogP contribution in [-0.2, 0) is 6.54 Å². The van der Waals surface area contributed by atoms with Crippen molar-refractivity contribution in [2.75, 3.05) is 12.4 Å². The standard InChI is InChI=1S/C15H14F3NO2/c1-20-12-6-4-5-11(9-12)10-19-13-7-2-3-8-14(13)21-15(16,17)18/h2-9,19H,10H2,1H3. The fourth-order valence-corrected chi connectivity index (χ4v) is 1.81. The molecule has 0 radical (unpaired) electrons. The highest BCUT2D eigenvalue weighted by Gasteiger charge is 2.32. The van der Waals surface area contributed by atoms with Gasteiger partial charge in [-0.2, -0.15) is 0 Å². The van der Waals surface area contributed by atoms with Gasteiger partial charge in [-0.3, -0.25) is 0 Å². The second-order valence-electron chi connectivity index (χ2n) is 4.25. The van der Waals surface area contributed by atoms with Crippen LogP contribution in [0.5, 0.6) is 11.5 Å². The Morgan fingerprint density at radius 2 is 1.81 bits per heavy atom. The molecule has 2 rings (SSSR count). The second-order valence-corrected chi connectivity index (χ2v) is 4.25. The first-order chi connectivity index (χ1) is 9.98. The molecule has 0 aromatic heterocycles. The van der Waals surface area contributed by atoms with Gasteiger partial charge in [-0.25, -0.2) is 0 Å². The summed E-state index contributed by atoms with van der Waals surface area (Å²) in [5.41, 5.74) is 1.16. The van der Waals surface area contributed by atoms with Gasteiger partial charge in [-0.05, 0) is 29.8 Å². The Labute approximate surface area is 120 Å². The number of methoxy groups -OCH3 is 1. The van der Waals surface area contributed by atoms with Crippen LogP contribution in [-0.4, -0.2) is 13.5 Å². The molecule has 1 N–H and O–H groups in total. The topological polar surface area (TPSA) is 30.5 Å². The maximum atomic E-state index is 12.3. The van der Waals surface area contributed by atoms with Crippen LogP contribution >= 0.6 is 0 Å². The monoisotopic (exact) mass is 297 g/mol. The molecule has 0 amide bonds. The molecule has 2 aromatic carbocycles. The molecule has 0 spiro atoms. The highest BCUT2D eigenvalue weighted by atomic mass is 19.4.